The molecule has 5 nitrogen and oxygen atoms in total. The van der Waals surface area contributed by atoms with Gasteiger partial charge in [-0.15, -0.1) is 0 Å². The fourth-order valence-electron chi connectivity index (χ4n) is 1.85. The van der Waals surface area contributed by atoms with E-state index in [4.69, 9.17) is 0 Å². The van der Waals surface area contributed by atoms with Gasteiger partial charge in [0, 0.05) is 24.3 Å². The molecule has 1 aliphatic carbocycles. The first-order valence-electron chi connectivity index (χ1n) is 6.93. The lowest BCUT2D eigenvalue weighted by molar-refractivity contribution is -0.124. The average molecular weight is 264 g/mol. The van der Waals surface area contributed by atoms with Crippen LogP contribution < -0.4 is 10.6 Å². The van der Waals surface area contributed by atoms with Gasteiger partial charge in [-0.25, -0.2) is 4.98 Å². The van der Waals surface area contributed by atoms with Crippen LogP contribution in [0.2, 0.25) is 0 Å². The van der Waals surface area contributed by atoms with E-state index in [1.807, 2.05) is 17.7 Å². The molecule has 0 aliphatic heterocycles. The first-order valence-corrected chi connectivity index (χ1v) is 6.93. The normalized spacial score (nSPS) is 17.3. The molecular weight excluding hydrogens is 240 g/mol. The predicted octanol–water partition coefficient (Wildman–Crippen LogP) is 1.61. The molecule has 0 saturated heterocycles. The summed E-state index contributed by atoms with van der Waals surface area (Å²) in [5.74, 6) is 0.0810. The standard InChI is InChI=1S/C14H24N4O/c1-10(13(19)17-11-5-6-11)18-9-15-7-12(18)8-16-14(2,3)4/h7,9-11,16H,5-6,8H2,1-4H3,(H,17,19). The van der Waals surface area contributed by atoms with E-state index >= 15 is 0 Å². The number of aromatic nitrogens is 2. The van der Waals surface area contributed by atoms with Crippen molar-refractivity contribution >= 4 is 5.91 Å². The van der Waals surface area contributed by atoms with E-state index < -0.39 is 0 Å². The van der Waals surface area contributed by atoms with E-state index in [2.05, 4.69) is 36.4 Å². The van der Waals surface area contributed by atoms with Gasteiger partial charge in [-0.1, -0.05) is 0 Å². The van der Waals surface area contributed by atoms with Gasteiger partial charge in [-0.05, 0) is 40.5 Å². The van der Waals surface area contributed by atoms with Crippen LogP contribution in [0.1, 0.15) is 52.3 Å². The summed E-state index contributed by atoms with van der Waals surface area (Å²) in [4.78, 5) is 16.2. The summed E-state index contributed by atoms with van der Waals surface area (Å²) >= 11 is 0. The fraction of sp³-hybridized carbons (Fsp3) is 0.714. The number of amides is 1. The van der Waals surface area contributed by atoms with Gasteiger partial charge in [0.2, 0.25) is 5.91 Å². The highest BCUT2D eigenvalue weighted by molar-refractivity contribution is 5.80. The fourth-order valence-corrected chi connectivity index (χ4v) is 1.85. The van der Waals surface area contributed by atoms with E-state index in [0.717, 1.165) is 18.5 Å². The summed E-state index contributed by atoms with van der Waals surface area (Å²) in [7, 11) is 0. The van der Waals surface area contributed by atoms with Crippen molar-refractivity contribution in [1.29, 1.82) is 0 Å². The molecule has 1 saturated carbocycles. The summed E-state index contributed by atoms with van der Waals surface area (Å²) in [6, 6.07) is 0.189. The van der Waals surface area contributed by atoms with Crippen molar-refractivity contribution in [2.75, 3.05) is 0 Å². The molecule has 106 valence electrons. The Morgan fingerprint density at radius 1 is 1.53 bits per heavy atom. The molecule has 1 unspecified atom stereocenters. The maximum atomic E-state index is 12.1. The lowest BCUT2D eigenvalue weighted by atomic mass is 10.1. The molecule has 2 N–H and O–H groups in total. The molecule has 1 fully saturated rings. The summed E-state index contributed by atoms with van der Waals surface area (Å²) in [5.41, 5.74) is 1.09. The Hall–Kier alpha value is -1.36. The zero-order valence-corrected chi connectivity index (χ0v) is 12.2. The van der Waals surface area contributed by atoms with Gasteiger partial charge in [-0.3, -0.25) is 4.79 Å². The number of nitrogens with one attached hydrogen (secondary N) is 2. The van der Waals surface area contributed by atoms with Crippen LogP contribution in [0.4, 0.5) is 0 Å². The van der Waals surface area contributed by atoms with Crippen LogP contribution in [0, 0.1) is 0 Å². The van der Waals surface area contributed by atoms with Crippen LogP contribution in [0.15, 0.2) is 12.5 Å². The molecule has 0 radical (unpaired) electrons. The number of carbonyl (C=O) groups is 1. The molecule has 0 bridgehead atoms. The zero-order valence-electron chi connectivity index (χ0n) is 12.2. The predicted molar refractivity (Wildman–Crippen MR) is 74.7 cm³/mol. The first kappa shape index (κ1) is 14.1. The van der Waals surface area contributed by atoms with E-state index in [9.17, 15) is 4.79 Å². The summed E-state index contributed by atoms with van der Waals surface area (Å²) < 4.78 is 1.94. The lowest BCUT2D eigenvalue weighted by Crippen LogP contribution is -2.37. The molecular formula is C14H24N4O. The molecule has 1 atom stereocenters. The highest BCUT2D eigenvalue weighted by atomic mass is 16.2. The van der Waals surface area contributed by atoms with Gasteiger partial charge in [-0.2, -0.15) is 0 Å². The Kier molecular flexibility index (Phi) is 3.94. The third-order valence-corrected chi connectivity index (χ3v) is 3.27. The monoisotopic (exact) mass is 264 g/mol. The Morgan fingerprint density at radius 3 is 2.79 bits per heavy atom. The van der Waals surface area contributed by atoms with Crippen molar-refractivity contribution in [1.82, 2.24) is 20.2 Å². The van der Waals surface area contributed by atoms with Crippen molar-refractivity contribution in [3.05, 3.63) is 18.2 Å². The van der Waals surface area contributed by atoms with Gasteiger partial charge >= 0.3 is 0 Å². The molecule has 0 spiro atoms. The number of rotatable bonds is 5. The average Bonchev–Trinajstić information content (AvgIpc) is 3.00. The number of hydrogen-bond acceptors (Lipinski definition) is 3. The van der Waals surface area contributed by atoms with Crippen molar-refractivity contribution in [2.45, 2.75) is 64.7 Å². The van der Waals surface area contributed by atoms with Gasteiger partial charge in [0.25, 0.3) is 0 Å². The first-order chi connectivity index (χ1) is 8.87. The SMILES string of the molecule is CC(C(=O)NC1CC1)n1cncc1CNC(C)(C)C. The van der Waals surface area contributed by atoms with Gasteiger partial charge in [0.05, 0.1) is 12.0 Å². The summed E-state index contributed by atoms with van der Waals surface area (Å²) in [5, 5.41) is 6.45. The minimum atomic E-state index is -0.208. The molecule has 5 heteroatoms. The third-order valence-electron chi connectivity index (χ3n) is 3.27. The molecule has 1 aliphatic rings. The minimum Gasteiger partial charge on any atom is -0.352 e. The number of hydrogen-bond donors (Lipinski definition) is 2. The Balaban J connectivity index is 1.99. The van der Waals surface area contributed by atoms with E-state index in [1.165, 1.54) is 0 Å². The smallest absolute Gasteiger partial charge is 0.243 e. The second-order valence-electron chi connectivity index (χ2n) is 6.35. The van der Waals surface area contributed by atoms with Crippen LogP contribution in [0.25, 0.3) is 0 Å². The maximum Gasteiger partial charge on any atom is 0.243 e. The topological polar surface area (TPSA) is 59.0 Å². The quantitative estimate of drug-likeness (QED) is 0.849. The van der Waals surface area contributed by atoms with Crippen LogP contribution in [-0.4, -0.2) is 27.0 Å². The molecule has 1 amide bonds. The minimum absolute atomic E-state index is 0.0502. The Bertz CT molecular complexity index is 443. The van der Waals surface area contributed by atoms with Gasteiger partial charge in [0.15, 0.2) is 0 Å². The Morgan fingerprint density at radius 2 is 2.21 bits per heavy atom. The maximum absolute atomic E-state index is 12.1. The number of carbonyl (C=O) groups excluding carboxylic acids is 1. The van der Waals surface area contributed by atoms with Crippen LogP contribution >= 0.6 is 0 Å². The van der Waals surface area contributed by atoms with Crippen molar-refractivity contribution < 1.29 is 4.79 Å². The third kappa shape index (κ3) is 4.06. The van der Waals surface area contributed by atoms with Crippen LogP contribution in [0.5, 0.6) is 0 Å². The molecule has 0 aromatic carbocycles. The molecule has 1 heterocycles. The van der Waals surface area contributed by atoms with Gasteiger partial charge < -0.3 is 15.2 Å². The largest absolute Gasteiger partial charge is 0.352 e. The van der Waals surface area contributed by atoms with Gasteiger partial charge in [0.1, 0.15) is 6.04 Å². The number of imidazole rings is 1. The highest BCUT2D eigenvalue weighted by Gasteiger charge is 2.26. The van der Waals surface area contributed by atoms with Crippen molar-refractivity contribution in [3.8, 4) is 0 Å². The second-order valence-corrected chi connectivity index (χ2v) is 6.35. The highest BCUT2D eigenvalue weighted by Crippen LogP contribution is 2.20. The molecule has 1 aromatic rings. The molecule has 19 heavy (non-hydrogen) atoms. The summed E-state index contributed by atoms with van der Waals surface area (Å²) in [6.07, 6.45) is 5.78. The van der Waals surface area contributed by atoms with Crippen molar-refractivity contribution in [2.24, 2.45) is 0 Å². The molecule has 1 aromatic heterocycles. The van der Waals surface area contributed by atoms with Crippen molar-refractivity contribution in [3.63, 3.8) is 0 Å². The van der Waals surface area contributed by atoms with Crippen LogP contribution in [0.3, 0.4) is 0 Å². The summed E-state index contributed by atoms with van der Waals surface area (Å²) in [6.45, 7) is 9.00. The lowest BCUT2D eigenvalue weighted by Gasteiger charge is -2.22. The second kappa shape index (κ2) is 5.33. The van der Waals surface area contributed by atoms with E-state index in [1.54, 1.807) is 6.33 Å². The Labute approximate surface area is 114 Å². The van der Waals surface area contributed by atoms with Crippen LogP contribution in [-0.2, 0) is 11.3 Å². The zero-order chi connectivity index (χ0) is 14.0. The number of nitrogens with zero attached hydrogens (tertiary/aromatic N) is 2. The molecule has 2 rings (SSSR count). The van der Waals surface area contributed by atoms with E-state index in [0.29, 0.717) is 12.6 Å². The van der Waals surface area contributed by atoms with E-state index in [-0.39, 0.29) is 17.5 Å².